The zero-order chi connectivity index (χ0) is 15.0. The number of hydrogen-bond donors (Lipinski definition) is 3. The van der Waals surface area contributed by atoms with Gasteiger partial charge in [0.25, 0.3) is 5.91 Å². The Kier molecular flexibility index (Phi) is 6.52. The van der Waals surface area contributed by atoms with Crippen molar-refractivity contribution in [1.29, 1.82) is 0 Å². The average molecular weight is 280 g/mol. The first-order valence-corrected chi connectivity index (χ1v) is 6.38. The second kappa shape index (κ2) is 8.16. The van der Waals surface area contributed by atoms with Gasteiger partial charge in [-0.3, -0.25) is 9.59 Å². The highest BCUT2D eigenvalue weighted by atomic mass is 16.5. The van der Waals surface area contributed by atoms with Gasteiger partial charge in [0, 0.05) is 26.6 Å². The predicted octanol–water partition coefficient (Wildman–Crippen LogP) is 0.583. The molecule has 0 spiro atoms. The highest BCUT2D eigenvalue weighted by Gasteiger charge is 2.12. The average Bonchev–Trinajstić information content (AvgIpc) is 2.42. The molecule has 0 aliphatic rings. The van der Waals surface area contributed by atoms with Crippen LogP contribution in [0.3, 0.4) is 0 Å². The number of rotatable bonds is 7. The maximum atomic E-state index is 11.8. The first-order valence-electron chi connectivity index (χ1n) is 6.38. The SMILES string of the molecule is COCCNC(=O)CCNC(=O)c1cccc(C)c1O. The van der Waals surface area contributed by atoms with Crippen LogP contribution in [-0.2, 0) is 9.53 Å². The van der Waals surface area contributed by atoms with Crippen molar-refractivity contribution < 1.29 is 19.4 Å². The lowest BCUT2D eigenvalue weighted by Crippen LogP contribution is -2.32. The standard InChI is InChI=1S/C14H20N2O4/c1-10-4-3-5-11(13(10)18)14(19)16-7-6-12(17)15-8-9-20-2/h3-5,18H,6-9H2,1-2H3,(H,15,17)(H,16,19). The Hall–Kier alpha value is -2.08. The van der Waals surface area contributed by atoms with Crippen molar-refractivity contribution in [1.82, 2.24) is 10.6 Å². The number of phenols is 1. The van der Waals surface area contributed by atoms with Crippen LogP contribution in [0.25, 0.3) is 0 Å². The Bertz CT molecular complexity index is 474. The fraction of sp³-hybridized carbons (Fsp3) is 0.429. The summed E-state index contributed by atoms with van der Waals surface area (Å²) in [6.45, 7) is 2.83. The zero-order valence-electron chi connectivity index (χ0n) is 11.7. The van der Waals surface area contributed by atoms with Gasteiger partial charge in [0.1, 0.15) is 5.75 Å². The number of carbonyl (C=O) groups excluding carboxylic acids is 2. The molecule has 0 aromatic heterocycles. The molecule has 3 N–H and O–H groups in total. The third kappa shape index (κ3) is 4.89. The molecule has 0 fully saturated rings. The smallest absolute Gasteiger partial charge is 0.255 e. The van der Waals surface area contributed by atoms with E-state index in [1.807, 2.05) is 0 Å². The van der Waals surface area contributed by atoms with Gasteiger partial charge < -0.3 is 20.5 Å². The number of aromatic hydroxyl groups is 1. The number of methoxy groups -OCH3 is 1. The summed E-state index contributed by atoms with van der Waals surface area (Å²) in [6, 6.07) is 4.95. The maximum absolute atomic E-state index is 11.8. The number of nitrogens with one attached hydrogen (secondary N) is 2. The largest absolute Gasteiger partial charge is 0.507 e. The predicted molar refractivity (Wildman–Crippen MR) is 74.7 cm³/mol. The third-order valence-corrected chi connectivity index (χ3v) is 2.75. The zero-order valence-corrected chi connectivity index (χ0v) is 11.7. The third-order valence-electron chi connectivity index (χ3n) is 2.75. The molecule has 0 saturated heterocycles. The van der Waals surface area contributed by atoms with Gasteiger partial charge in [0.05, 0.1) is 12.2 Å². The van der Waals surface area contributed by atoms with E-state index in [4.69, 9.17) is 4.74 Å². The number of benzene rings is 1. The van der Waals surface area contributed by atoms with Gasteiger partial charge in [-0.2, -0.15) is 0 Å². The van der Waals surface area contributed by atoms with Crippen LogP contribution in [0.2, 0.25) is 0 Å². The maximum Gasteiger partial charge on any atom is 0.255 e. The van der Waals surface area contributed by atoms with E-state index >= 15 is 0 Å². The molecule has 0 radical (unpaired) electrons. The van der Waals surface area contributed by atoms with E-state index in [9.17, 15) is 14.7 Å². The molecule has 20 heavy (non-hydrogen) atoms. The topological polar surface area (TPSA) is 87.7 Å². The molecular weight excluding hydrogens is 260 g/mol. The highest BCUT2D eigenvalue weighted by molar-refractivity contribution is 5.97. The number of para-hydroxylation sites is 1. The summed E-state index contributed by atoms with van der Waals surface area (Å²) < 4.78 is 4.80. The lowest BCUT2D eigenvalue weighted by Gasteiger charge is -2.08. The van der Waals surface area contributed by atoms with Crippen molar-refractivity contribution in [2.75, 3.05) is 26.8 Å². The Morgan fingerprint density at radius 2 is 2.00 bits per heavy atom. The molecule has 1 aromatic carbocycles. The number of ether oxygens (including phenoxy) is 1. The molecular formula is C14H20N2O4. The van der Waals surface area contributed by atoms with Crippen molar-refractivity contribution in [3.05, 3.63) is 29.3 Å². The summed E-state index contributed by atoms with van der Waals surface area (Å²) in [6.07, 6.45) is 0.183. The molecule has 0 aliphatic carbocycles. The molecule has 2 amide bonds. The van der Waals surface area contributed by atoms with E-state index in [1.54, 1.807) is 26.2 Å². The summed E-state index contributed by atoms with van der Waals surface area (Å²) in [5.41, 5.74) is 0.847. The molecule has 0 aliphatic heterocycles. The quantitative estimate of drug-likeness (QED) is 0.638. The molecule has 0 saturated carbocycles. The first kappa shape index (κ1) is 16.0. The molecule has 6 heteroatoms. The summed E-state index contributed by atoms with van der Waals surface area (Å²) in [5, 5.41) is 15.0. The van der Waals surface area contributed by atoms with Gasteiger partial charge in [-0.15, -0.1) is 0 Å². The lowest BCUT2D eigenvalue weighted by molar-refractivity contribution is -0.121. The Balaban J connectivity index is 2.37. The van der Waals surface area contributed by atoms with Gasteiger partial charge in [0.2, 0.25) is 5.91 Å². The van der Waals surface area contributed by atoms with Crippen molar-refractivity contribution in [2.24, 2.45) is 0 Å². The second-order valence-electron chi connectivity index (χ2n) is 4.32. The van der Waals surface area contributed by atoms with Crippen LogP contribution < -0.4 is 10.6 Å². The minimum Gasteiger partial charge on any atom is -0.507 e. The van der Waals surface area contributed by atoms with Gasteiger partial charge in [-0.05, 0) is 18.6 Å². The lowest BCUT2D eigenvalue weighted by atomic mass is 10.1. The molecule has 0 unspecified atom stereocenters. The fourth-order valence-corrected chi connectivity index (χ4v) is 1.61. The van der Waals surface area contributed by atoms with E-state index in [0.717, 1.165) is 0 Å². The molecule has 0 bridgehead atoms. The number of amides is 2. The van der Waals surface area contributed by atoms with E-state index < -0.39 is 5.91 Å². The van der Waals surface area contributed by atoms with Gasteiger partial charge in [0.15, 0.2) is 0 Å². The van der Waals surface area contributed by atoms with Gasteiger partial charge in [-0.25, -0.2) is 0 Å². The Morgan fingerprint density at radius 1 is 1.25 bits per heavy atom. The number of carbonyl (C=O) groups is 2. The summed E-state index contributed by atoms with van der Waals surface area (Å²) in [7, 11) is 1.56. The van der Waals surface area contributed by atoms with Crippen LogP contribution in [0, 0.1) is 6.92 Å². The van der Waals surface area contributed by atoms with Crippen LogP contribution in [0.1, 0.15) is 22.3 Å². The van der Waals surface area contributed by atoms with Crippen LogP contribution >= 0.6 is 0 Å². The molecule has 1 aromatic rings. The highest BCUT2D eigenvalue weighted by Crippen LogP contribution is 2.20. The summed E-state index contributed by atoms with van der Waals surface area (Å²) >= 11 is 0. The first-order chi connectivity index (χ1) is 9.56. The normalized spacial score (nSPS) is 10.1. The second-order valence-corrected chi connectivity index (χ2v) is 4.32. The van der Waals surface area contributed by atoms with Crippen molar-refractivity contribution in [3.63, 3.8) is 0 Å². The van der Waals surface area contributed by atoms with Crippen LogP contribution in [-0.4, -0.2) is 43.7 Å². The minimum atomic E-state index is -0.393. The van der Waals surface area contributed by atoms with Crippen LogP contribution in [0.4, 0.5) is 0 Å². The van der Waals surface area contributed by atoms with E-state index in [-0.39, 0.29) is 30.2 Å². The number of hydrogen-bond acceptors (Lipinski definition) is 4. The molecule has 6 nitrogen and oxygen atoms in total. The van der Waals surface area contributed by atoms with E-state index in [2.05, 4.69) is 10.6 Å². The molecule has 0 heterocycles. The Morgan fingerprint density at radius 3 is 2.70 bits per heavy atom. The number of phenolic OH excluding ortho intramolecular Hbond substituents is 1. The minimum absolute atomic E-state index is 0.0328. The Labute approximate surface area is 118 Å². The summed E-state index contributed by atoms with van der Waals surface area (Å²) in [4.78, 5) is 23.2. The molecule has 110 valence electrons. The van der Waals surface area contributed by atoms with Crippen LogP contribution in [0.5, 0.6) is 5.75 Å². The number of aryl methyl sites for hydroxylation is 1. The van der Waals surface area contributed by atoms with E-state index in [0.29, 0.717) is 18.7 Å². The van der Waals surface area contributed by atoms with Gasteiger partial charge in [-0.1, -0.05) is 12.1 Å². The van der Waals surface area contributed by atoms with Crippen molar-refractivity contribution >= 4 is 11.8 Å². The van der Waals surface area contributed by atoms with Gasteiger partial charge >= 0.3 is 0 Å². The van der Waals surface area contributed by atoms with Crippen molar-refractivity contribution in [2.45, 2.75) is 13.3 Å². The van der Waals surface area contributed by atoms with E-state index in [1.165, 1.54) is 6.07 Å². The summed E-state index contributed by atoms with van der Waals surface area (Å²) in [5.74, 6) is -0.582. The molecule has 0 atom stereocenters. The monoisotopic (exact) mass is 280 g/mol. The fourth-order valence-electron chi connectivity index (χ4n) is 1.61. The van der Waals surface area contributed by atoms with Crippen molar-refractivity contribution in [3.8, 4) is 5.75 Å². The van der Waals surface area contributed by atoms with Crippen LogP contribution in [0.15, 0.2) is 18.2 Å². The molecule has 1 rings (SSSR count).